The maximum absolute atomic E-state index is 11.9. The Morgan fingerprint density at radius 3 is 2.38 bits per heavy atom. The number of likely N-dealkylation sites (tertiary alicyclic amines) is 1. The van der Waals surface area contributed by atoms with Crippen LogP contribution in [0.4, 0.5) is 0 Å². The number of amides is 2. The lowest BCUT2D eigenvalue weighted by atomic mass is 9.92. The first-order valence-electron chi connectivity index (χ1n) is 8.08. The van der Waals surface area contributed by atoms with Gasteiger partial charge in [-0.25, -0.2) is 0 Å². The lowest BCUT2D eigenvalue weighted by Gasteiger charge is -2.31. The van der Waals surface area contributed by atoms with E-state index < -0.39 is 0 Å². The van der Waals surface area contributed by atoms with Crippen LogP contribution in [0.5, 0.6) is 0 Å². The fraction of sp³-hybridized carbons (Fsp3) is 0.875. The Labute approximate surface area is 128 Å². The van der Waals surface area contributed by atoms with Gasteiger partial charge in [0.15, 0.2) is 0 Å². The Balaban J connectivity index is 2.23. The summed E-state index contributed by atoms with van der Waals surface area (Å²) in [6.07, 6.45) is 4.17. The second-order valence-electron chi connectivity index (χ2n) is 6.56. The molecular weight excluding hydrogens is 268 g/mol. The molecule has 21 heavy (non-hydrogen) atoms. The van der Waals surface area contributed by atoms with Crippen LogP contribution in [0.2, 0.25) is 0 Å². The summed E-state index contributed by atoms with van der Waals surface area (Å²) < 4.78 is 0. The van der Waals surface area contributed by atoms with Gasteiger partial charge in [0.2, 0.25) is 11.8 Å². The van der Waals surface area contributed by atoms with Gasteiger partial charge in [-0.15, -0.1) is 0 Å². The number of aliphatic hydroxyl groups is 1. The topological polar surface area (TPSA) is 69.6 Å². The molecule has 1 aliphatic heterocycles. The maximum atomic E-state index is 11.9. The third-order valence-electron chi connectivity index (χ3n) is 4.18. The smallest absolute Gasteiger partial charge is 0.220 e. The van der Waals surface area contributed by atoms with Crippen LogP contribution in [-0.2, 0) is 9.59 Å². The van der Waals surface area contributed by atoms with Crippen LogP contribution < -0.4 is 5.32 Å². The highest BCUT2D eigenvalue weighted by molar-refractivity contribution is 5.76. The van der Waals surface area contributed by atoms with E-state index in [0.29, 0.717) is 18.3 Å². The standard InChI is InChI=1S/C16H30N2O3/c1-12(2)10-15(11-19)17-16(21)5-4-14-6-8-18(9-7-14)13(3)20/h12,14-15,19H,4-11H2,1-3H3,(H,17,21). The largest absolute Gasteiger partial charge is 0.394 e. The minimum absolute atomic E-state index is 0.000913. The van der Waals surface area contributed by atoms with Gasteiger partial charge in [0.25, 0.3) is 0 Å². The number of carbonyl (C=O) groups is 2. The van der Waals surface area contributed by atoms with Crippen molar-refractivity contribution < 1.29 is 14.7 Å². The predicted molar refractivity (Wildman–Crippen MR) is 82.7 cm³/mol. The van der Waals surface area contributed by atoms with Crippen molar-refractivity contribution in [1.29, 1.82) is 0 Å². The van der Waals surface area contributed by atoms with Gasteiger partial charge in [-0.2, -0.15) is 0 Å². The molecule has 0 spiro atoms. The van der Waals surface area contributed by atoms with Gasteiger partial charge in [-0.3, -0.25) is 9.59 Å². The molecule has 5 nitrogen and oxygen atoms in total. The van der Waals surface area contributed by atoms with Crippen molar-refractivity contribution in [2.24, 2.45) is 11.8 Å². The van der Waals surface area contributed by atoms with Crippen molar-refractivity contribution in [1.82, 2.24) is 10.2 Å². The molecule has 0 saturated carbocycles. The first kappa shape index (κ1) is 18.0. The number of piperidine rings is 1. The molecule has 0 aromatic carbocycles. The zero-order valence-corrected chi connectivity index (χ0v) is 13.6. The first-order chi connectivity index (χ1) is 9.92. The number of nitrogens with one attached hydrogen (secondary N) is 1. The number of carbonyl (C=O) groups excluding carboxylic acids is 2. The van der Waals surface area contributed by atoms with Crippen molar-refractivity contribution in [3.8, 4) is 0 Å². The summed E-state index contributed by atoms with van der Waals surface area (Å²) in [5, 5.41) is 12.2. The number of hydrogen-bond donors (Lipinski definition) is 2. The summed E-state index contributed by atoms with van der Waals surface area (Å²) in [7, 11) is 0. The summed E-state index contributed by atoms with van der Waals surface area (Å²) in [5.74, 6) is 1.16. The SMILES string of the molecule is CC(=O)N1CCC(CCC(=O)NC(CO)CC(C)C)CC1. The summed E-state index contributed by atoms with van der Waals surface area (Å²) >= 11 is 0. The number of nitrogens with zero attached hydrogens (tertiary/aromatic N) is 1. The van der Waals surface area contributed by atoms with Crippen LogP contribution in [0.1, 0.15) is 52.9 Å². The van der Waals surface area contributed by atoms with E-state index in [-0.39, 0.29) is 24.5 Å². The van der Waals surface area contributed by atoms with E-state index in [9.17, 15) is 14.7 Å². The zero-order valence-electron chi connectivity index (χ0n) is 13.6. The highest BCUT2D eigenvalue weighted by Gasteiger charge is 2.21. The van der Waals surface area contributed by atoms with Gasteiger partial charge in [-0.1, -0.05) is 13.8 Å². The Morgan fingerprint density at radius 2 is 1.90 bits per heavy atom. The molecule has 0 bridgehead atoms. The van der Waals surface area contributed by atoms with Crippen LogP contribution in [0.15, 0.2) is 0 Å². The highest BCUT2D eigenvalue weighted by atomic mass is 16.3. The summed E-state index contributed by atoms with van der Waals surface area (Å²) in [6.45, 7) is 7.40. The molecule has 1 unspecified atom stereocenters. The van der Waals surface area contributed by atoms with Crippen LogP contribution >= 0.6 is 0 Å². The lowest BCUT2D eigenvalue weighted by Crippen LogP contribution is -2.39. The van der Waals surface area contributed by atoms with Crippen molar-refractivity contribution in [2.45, 2.75) is 58.9 Å². The van der Waals surface area contributed by atoms with E-state index in [2.05, 4.69) is 19.2 Å². The van der Waals surface area contributed by atoms with Crippen LogP contribution in [-0.4, -0.2) is 47.6 Å². The molecule has 1 rings (SSSR count). The Kier molecular flexibility index (Phi) is 7.72. The normalized spacial score (nSPS) is 17.9. The molecule has 0 radical (unpaired) electrons. The monoisotopic (exact) mass is 298 g/mol. The Morgan fingerprint density at radius 1 is 1.29 bits per heavy atom. The third kappa shape index (κ3) is 6.93. The van der Waals surface area contributed by atoms with E-state index in [0.717, 1.165) is 38.8 Å². The Hall–Kier alpha value is -1.10. The lowest BCUT2D eigenvalue weighted by molar-refractivity contribution is -0.130. The molecule has 1 aliphatic rings. The van der Waals surface area contributed by atoms with E-state index in [1.54, 1.807) is 6.92 Å². The molecule has 2 amide bonds. The molecule has 0 aliphatic carbocycles. The summed E-state index contributed by atoms with van der Waals surface area (Å²) in [6, 6.07) is -0.128. The molecule has 1 atom stereocenters. The second-order valence-corrected chi connectivity index (χ2v) is 6.56. The molecule has 0 aromatic rings. The van der Waals surface area contributed by atoms with E-state index in [4.69, 9.17) is 0 Å². The van der Waals surface area contributed by atoms with Crippen LogP contribution in [0.3, 0.4) is 0 Å². The van der Waals surface area contributed by atoms with Gasteiger partial charge in [0.1, 0.15) is 0 Å². The molecule has 5 heteroatoms. The summed E-state index contributed by atoms with van der Waals surface area (Å²) in [5.41, 5.74) is 0. The van der Waals surface area contributed by atoms with Gasteiger partial charge in [0.05, 0.1) is 12.6 Å². The Bertz CT molecular complexity index is 336. The maximum Gasteiger partial charge on any atom is 0.220 e. The average molecular weight is 298 g/mol. The number of hydrogen-bond acceptors (Lipinski definition) is 3. The van der Waals surface area contributed by atoms with E-state index >= 15 is 0 Å². The molecule has 2 N–H and O–H groups in total. The fourth-order valence-corrected chi connectivity index (χ4v) is 2.92. The van der Waals surface area contributed by atoms with Crippen molar-refractivity contribution in [2.75, 3.05) is 19.7 Å². The van der Waals surface area contributed by atoms with Gasteiger partial charge in [-0.05, 0) is 37.5 Å². The predicted octanol–water partition coefficient (Wildman–Crippen LogP) is 1.55. The molecule has 1 saturated heterocycles. The van der Waals surface area contributed by atoms with Crippen LogP contribution in [0.25, 0.3) is 0 Å². The number of rotatable bonds is 7. The molecule has 122 valence electrons. The van der Waals surface area contributed by atoms with Gasteiger partial charge in [0, 0.05) is 26.4 Å². The van der Waals surface area contributed by atoms with E-state index in [1.165, 1.54) is 0 Å². The molecule has 1 fully saturated rings. The zero-order chi connectivity index (χ0) is 15.8. The van der Waals surface area contributed by atoms with Crippen LogP contribution in [0, 0.1) is 11.8 Å². The van der Waals surface area contributed by atoms with E-state index in [1.807, 2.05) is 4.90 Å². The van der Waals surface area contributed by atoms with Gasteiger partial charge < -0.3 is 15.3 Å². The second kappa shape index (κ2) is 9.03. The molecule has 1 heterocycles. The average Bonchev–Trinajstić information content (AvgIpc) is 2.44. The minimum atomic E-state index is -0.128. The van der Waals surface area contributed by atoms with Crippen molar-refractivity contribution in [3.63, 3.8) is 0 Å². The molecular formula is C16H30N2O3. The van der Waals surface area contributed by atoms with Crippen molar-refractivity contribution >= 4 is 11.8 Å². The fourth-order valence-electron chi connectivity index (χ4n) is 2.92. The highest BCUT2D eigenvalue weighted by Crippen LogP contribution is 2.21. The minimum Gasteiger partial charge on any atom is -0.394 e. The third-order valence-corrected chi connectivity index (χ3v) is 4.18. The number of aliphatic hydroxyl groups excluding tert-OH is 1. The summed E-state index contributed by atoms with van der Waals surface area (Å²) in [4.78, 5) is 25.1. The first-order valence-corrected chi connectivity index (χ1v) is 8.08. The quantitative estimate of drug-likeness (QED) is 0.749. The molecule has 0 aromatic heterocycles. The van der Waals surface area contributed by atoms with Gasteiger partial charge >= 0.3 is 0 Å². The van der Waals surface area contributed by atoms with Crippen molar-refractivity contribution in [3.05, 3.63) is 0 Å².